The number of fused-ring (bicyclic) bond motifs is 1. The second-order valence-electron chi connectivity index (χ2n) is 6.93. The second-order valence-corrected chi connectivity index (χ2v) is 7.88. The normalized spacial score (nSPS) is 11.0. The lowest BCUT2D eigenvalue weighted by Crippen LogP contribution is -2.22. The molecule has 8 nitrogen and oxygen atoms in total. The number of hydrogen-bond donors (Lipinski definition) is 0. The Balaban J connectivity index is 1.32. The van der Waals surface area contributed by atoms with Crippen LogP contribution in [-0.2, 0) is 11.3 Å². The van der Waals surface area contributed by atoms with Gasteiger partial charge in [0.05, 0.1) is 27.0 Å². The third-order valence-electron chi connectivity index (χ3n) is 4.84. The minimum Gasteiger partial charge on any atom is -0.452 e. The van der Waals surface area contributed by atoms with Gasteiger partial charge in [0.1, 0.15) is 5.82 Å². The van der Waals surface area contributed by atoms with Crippen molar-refractivity contribution in [3.8, 4) is 16.4 Å². The van der Waals surface area contributed by atoms with Gasteiger partial charge in [0, 0.05) is 0 Å². The molecule has 0 unspecified atom stereocenters. The number of nitrogens with zero attached hydrogens (tertiary/aromatic N) is 4. The summed E-state index contributed by atoms with van der Waals surface area (Å²) < 4.78 is 11.9. The van der Waals surface area contributed by atoms with Crippen molar-refractivity contribution in [2.45, 2.75) is 13.5 Å². The molecular weight excluding hydrogens is 428 g/mol. The van der Waals surface area contributed by atoms with Crippen LogP contribution in [-0.4, -0.2) is 25.7 Å². The van der Waals surface area contributed by atoms with Crippen molar-refractivity contribution < 1.29 is 14.1 Å². The molecule has 3 aromatic heterocycles. The maximum Gasteiger partial charge on any atom is 0.338 e. The van der Waals surface area contributed by atoms with Gasteiger partial charge in [0.25, 0.3) is 11.4 Å². The Morgan fingerprint density at radius 3 is 2.66 bits per heavy atom. The zero-order valence-corrected chi connectivity index (χ0v) is 17.7. The number of benzene rings is 2. The van der Waals surface area contributed by atoms with Crippen molar-refractivity contribution in [3.05, 3.63) is 93.7 Å². The average molecular weight is 444 g/mol. The number of carbonyl (C=O) groups is 1. The van der Waals surface area contributed by atoms with Crippen LogP contribution in [0.15, 0.2) is 75.4 Å². The fourth-order valence-corrected chi connectivity index (χ4v) is 3.97. The first kappa shape index (κ1) is 19.8. The zero-order chi connectivity index (χ0) is 22.1. The van der Waals surface area contributed by atoms with Crippen LogP contribution in [0.1, 0.15) is 22.1 Å². The van der Waals surface area contributed by atoms with Crippen molar-refractivity contribution in [2.24, 2.45) is 0 Å². The Kier molecular flexibility index (Phi) is 5.08. The van der Waals surface area contributed by atoms with Gasteiger partial charge in [-0.3, -0.25) is 9.36 Å². The first-order chi connectivity index (χ1) is 15.6. The Labute approximate surface area is 185 Å². The van der Waals surface area contributed by atoms with Crippen LogP contribution in [0.4, 0.5) is 0 Å². The van der Waals surface area contributed by atoms with E-state index in [1.165, 1.54) is 15.9 Å². The average Bonchev–Trinajstić information content (AvgIpc) is 3.50. The van der Waals surface area contributed by atoms with Gasteiger partial charge in [-0.05, 0) is 54.8 Å². The van der Waals surface area contributed by atoms with E-state index < -0.39 is 5.97 Å². The molecule has 2 aromatic carbocycles. The third kappa shape index (κ3) is 3.69. The summed E-state index contributed by atoms with van der Waals surface area (Å²) in [7, 11) is 0. The van der Waals surface area contributed by atoms with Gasteiger partial charge in [0.15, 0.2) is 6.61 Å². The van der Waals surface area contributed by atoms with E-state index in [1.807, 2.05) is 23.6 Å². The van der Waals surface area contributed by atoms with E-state index in [-0.39, 0.29) is 18.1 Å². The lowest BCUT2D eigenvalue weighted by atomic mass is 10.2. The predicted octanol–water partition coefficient (Wildman–Crippen LogP) is 4.16. The fraction of sp³-hybridized carbons (Fsp3) is 0.0870. The molecule has 0 aliphatic carbocycles. The monoisotopic (exact) mass is 444 g/mol. The topological polar surface area (TPSA) is 100 Å². The van der Waals surface area contributed by atoms with Crippen molar-refractivity contribution >= 4 is 28.2 Å². The summed E-state index contributed by atoms with van der Waals surface area (Å²) in [6.45, 7) is 1.64. The quantitative estimate of drug-likeness (QED) is 0.375. The molecule has 32 heavy (non-hydrogen) atoms. The minimum absolute atomic E-state index is 0.133. The number of hydrogen-bond acceptors (Lipinski definition) is 8. The van der Waals surface area contributed by atoms with Gasteiger partial charge < -0.3 is 9.26 Å². The number of rotatable bonds is 5. The molecule has 5 aromatic rings. The van der Waals surface area contributed by atoms with Gasteiger partial charge in [-0.25, -0.2) is 9.78 Å². The summed E-state index contributed by atoms with van der Waals surface area (Å²) in [6.07, 6.45) is 0. The number of ether oxygens (including phenoxy) is 1. The predicted molar refractivity (Wildman–Crippen MR) is 119 cm³/mol. The van der Waals surface area contributed by atoms with E-state index in [0.717, 1.165) is 4.88 Å². The molecule has 0 fully saturated rings. The Morgan fingerprint density at radius 1 is 1.06 bits per heavy atom. The number of esters is 1. The largest absolute Gasteiger partial charge is 0.452 e. The van der Waals surface area contributed by atoms with E-state index in [0.29, 0.717) is 33.8 Å². The highest BCUT2D eigenvalue weighted by Gasteiger charge is 2.14. The molecule has 0 N–H and O–H groups in total. The van der Waals surface area contributed by atoms with Crippen LogP contribution in [0.25, 0.3) is 27.3 Å². The van der Waals surface area contributed by atoms with Gasteiger partial charge in [0.2, 0.25) is 5.82 Å². The number of aromatic nitrogens is 4. The van der Waals surface area contributed by atoms with Gasteiger partial charge in [-0.1, -0.05) is 23.4 Å². The molecular formula is C23H16N4O4S. The summed E-state index contributed by atoms with van der Waals surface area (Å²) in [5.41, 5.74) is 1.43. The highest BCUT2D eigenvalue weighted by Crippen LogP contribution is 2.21. The molecule has 0 bridgehead atoms. The number of carbonyl (C=O) groups excluding carboxylic acids is 1. The summed E-state index contributed by atoms with van der Waals surface area (Å²) in [5, 5.41) is 6.33. The Morgan fingerprint density at radius 2 is 1.88 bits per heavy atom. The molecule has 0 radical (unpaired) electrons. The number of thiophene rings is 1. The molecule has 0 spiro atoms. The maximum atomic E-state index is 12.9. The lowest BCUT2D eigenvalue weighted by Gasteiger charge is -2.11. The van der Waals surface area contributed by atoms with Gasteiger partial charge >= 0.3 is 5.97 Å². The van der Waals surface area contributed by atoms with Crippen molar-refractivity contribution in [1.82, 2.24) is 19.7 Å². The van der Waals surface area contributed by atoms with Crippen LogP contribution < -0.4 is 5.56 Å². The zero-order valence-electron chi connectivity index (χ0n) is 16.9. The Hall–Kier alpha value is -4.11. The van der Waals surface area contributed by atoms with Gasteiger partial charge in [-0.15, -0.1) is 11.3 Å². The highest BCUT2D eigenvalue weighted by molar-refractivity contribution is 7.13. The summed E-state index contributed by atoms with van der Waals surface area (Å²) in [5.74, 6) is 0.693. The van der Waals surface area contributed by atoms with E-state index in [4.69, 9.17) is 9.26 Å². The van der Waals surface area contributed by atoms with Crippen molar-refractivity contribution in [2.75, 3.05) is 0 Å². The molecule has 0 atom stereocenters. The van der Waals surface area contributed by atoms with E-state index in [9.17, 15) is 9.59 Å². The maximum absolute atomic E-state index is 12.9. The number of aryl methyl sites for hydroxylation is 1. The van der Waals surface area contributed by atoms with Crippen LogP contribution in [0.5, 0.6) is 0 Å². The first-order valence-corrected chi connectivity index (χ1v) is 10.6. The molecule has 3 heterocycles. The fourth-order valence-electron chi connectivity index (χ4n) is 3.32. The smallest absolute Gasteiger partial charge is 0.338 e. The number of para-hydroxylation sites is 1. The molecule has 9 heteroatoms. The third-order valence-corrected chi connectivity index (χ3v) is 5.71. The highest BCUT2D eigenvalue weighted by atomic mass is 32.1. The summed E-state index contributed by atoms with van der Waals surface area (Å²) in [4.78, 5) is 34.9. The molecule has 0 saturated carbocycles. The molecule has 158 valence electrons. The van der Waals surface area contributed by atoms with Crippen LogP contribution in [0, 0.1) is 6.92 Å². The van der Waals surface area contributed by atoms with Crippen molar-refractivity contribution in [1.29, 1.82) is 0 Å². The van der Waals surface area contributed by atoms with E-state index in [2.05, 4.69) is 15.1 Å². The first-order valence-electron chi connectivity index (χ1n) is 9.72. The summed E-state index contributed by atoms with van der Waals surface area (Å²) >= 11 is 1.49. The second kappa shape index (κ2) is 8.20. The minimum atomic E-state index is -0.534. The van der Waals surface area contributed by atoms with Crippen LogP contribution in [0.2, 0.25) is 0 Å². The standard InChI is InChI=1S/C23H16N4O4S/c1-14-24-18-6-3-2-5-17(18)22(28)27(14)16-10-8-15(9-11-16)23(29)30-13-20-25-21(26-31-20)19-7-4-12-32-19/h2-12H,13H2,1H3. The molecule has 0 aliphatic rings. The molecule has 5 rings (SSSR count). The van der Waals surface area contributed by atoms with Crippen LogP contribution in [0.3, 0.4) is 0 Å². The lowest BCUT2D eigenvalue weighted by molar-refractivity contribution is 0.0430. The van der Waals surface area contributed by atoms with E-state index >= 15 is 0 Å². The Bertz CT molecular complexity index is 1470. The molecule has 0 saturated heterocycles. The van der Waals surface area contributed by atoms with E-state index in [1.54, 1.807) is 49.4 Å². The summed E-state index contributed by atoms with van der Waals surface area (Å²) in [6, 6.07) is 17.5. The SMILES string of the molecule is Cc1nc2ccccc2c(=O)n1-c1ccc(C(=O)OCc2nc(-c3cccs3)no2)cc1. The van der Waals surface area contributed by atoms with Crippen molar-refractivity contribution in [3.63, 3.8) is 0 Å². The van der Waals surface area contributed by atoms with Crippen LogP contribution >= 0.6 is 11.3 Å². The van der Waals surface area contributed by atoms with Gasteiger partial charge in [-0.2, -0.15) is 4.98 Å². The molecule has 0 aliphatic heterocycles. The molecule has 0 amide bonds.